The molecular formula is C22H31NO. The third-order valence-corrected chi connectivity index (χ3v) is 4.66. The fourth-order valence-electron chi connectivity index (χ4n) is 3.69. The molecule has 0 amide bonds. The first-order chi connectivity index (χ1) is 11.4. The lowest BCUT2D eigenvalue weighted by atomic mass is 9.94. The quantitative estimate of drug-likeness (QED) is 0.727. The Morgan fingerprint density at radius 2 is 1.54 bits per heavy atom. The highest BCUT2D eigenvalue weighted by Gasteiger charge is 2.25. The van der Waals surface area contributed by atoms with Crippen molar-refractivity contribution in [1.29, 1.82) is 0 Å². The van der Waals surface area contributed by atoms with E-state index in [4.69, 9.17) is 0 Å². The topological polar surface area (TPSA) is 23.5 Å². The normalized spacial score (nSPS) is 13.0. The van der Waals surface area contributed by atoms with Crippen LogP contribution in [0.15, 0.2) is 48.5 Å². The van der Waals surface area contributed by atoms with E-state index in [0.29, 0.717) is 23.9 Å². The van der Waals surface area contributed by atoms with Crippen molar-refractivity contribution in [3.05, 3.63) is 65.2 Å². The van der Waals surface area contributed by atoms with Crippen LogP contribution in [-0.4, -0.2) is 22.1 Å². The first kappa shape index (κ1) is 18.5. The van der Waals surface area contributed by atoms with Crippen LogP contribution in [0.1, 0.15) is 56.8 Å². The molecule has 2 aromatic carbocycles. The molecular weight excluding hydrogens is 294 g/mol. The van der Waals surface area contributed by atoms with Crippen molar-refractivity contribution in [3.8, 4) is 5.75 Å². The highest BCUT2D eigenvalue weighted by atomic mass is 16.3. The number of phenolic OH excluding ortho intramolecular Hbond substituents is 1. The van der Waals surface area contributed by atoms with E-state index >= 15 is 0 Å². The summed E-state index contributed by atoms with van der Waals surface area (Å²) in [4.78, 5) is 2.57. The third kappa shape index (κ3) is 4.61. The van der Waals surface area contributed by atoms with E-state index in [1.165, 1.54) is 11.1 Å². The van der Waals surface area contributed by atoms with E-state index in [0.717, 1.165) is 18.4 Å². The van der Waals surface area contributed by atoms with Crippen molar-refractivity contribution >= 4 is 0 Å². The summed E-state index contributed by atoms with van der Waals surface area (Å²) in [6, 6.07) is 17.9. The first-order valence-electron chi connectivity index (χ1n) is 9.01. The van der Waals surface area contributed by atoms with Crippen molar-refractivity contribution in [2.75, 3.05) is 0 Å². The minimum Gasteiger partial charge on any atom is -0.508 e. The number of aromatic hydroxyl groups is 1. The van der Waals surface area contributed by atoms with Crippen molar-refractivity contribution in [1.82, 2.24) is 4.90 Å². The Balaban J connectivity index is 2.27. The van der Waals surface area contributed by atoms with E-state index in [-0.39, 0.29) is 0 Å². The summed E-state index contributed by atoms with van der Waals surface area (Å²) in [6.07, 6.45) is 1.88. The fraction of sp³-hybridized carbons (Fsp3) is 0.455. The van der Waals surface area contributed by atoms with Gasteiger partial charge < -0.3 is 5.11 Å². The van der Waals surface area contributed by atoms with Crippen LogP contribution in [0.3, 0.4) is 0 Å². The number of hydrogen-bond acceptors (Lipinski definition) is 2. The average molecular weight is 325 g/mol. The van der Waals surface area contributed by atoms with Gasteiger partial charge in [0.05, 0.1) is 0 Å². The Hall–Kier alpha value is -1.80. The first-order valence-corrected chi connectivity index (χ1v) is 9.01. The van der Waals surface area contributed by atoms with Gasteiger partial charge in [0.1, 0.15) is 5.75 Å². The highest BCUT2D eigenvalue weighted by molar-refractivity contribution is 5.36. The minimum absolute atomic E-state index is 0.353. The van der Waals surface area contributed by atoms with E-state index in [2.05, 4.69) is 75.9 Å². The van der Waals surface area contributed by atoms with Crippen LogP contribution in [0.25, 0.3) is 0 Å². The average Bonchev–Trinajstić information content (AvgIpc) is 2.54. The number of phenols is 1. The predicted molar refractivity (Wildman–Crippen MR) is 102 cm³/mol. The van der Waals surface area contributed by atoms with Gasteiger partial charge in [0.25, 0.3) is 0 Å². The second-order valence-corrected chi connectivity index (χ2v) is 7.23. The molecule has 2 nitrogen and oxygen atoms in total. The molecule has 2 aromatic rings. The minimum atomic E-state index is 0.353. The molecule has 1 atom stereocenters. The molecule has 0 aliphatic rings. The molecule has 0 heterocycles. The van der Waals surface area contributed by atoms with E-state index < -0.39 is 0 Å². The van der Waals surface area contributed by atoms with Gasteiger partial charge in [-0.05, 0) is 64.7 Å². The maximum absolute atomic E-state index is 10.2. The Morgan fingerprint density at radius 1 is 0.917 bits per heavy atom. The fourth-order valence-corrected chi connectivity index (χ4v) is 3.69. The lowest BCUT2D eigenvalue weighted by molar-refractivity contribution is 0.106. The van der Waals surface area contributed by atoms with Crippen LogP contribution in [0.4, 0.5) is 0 Å². The number of benzene rings is 2. The Labute approximate surface area is 147 Å². The maximum atomic E-state index is 10.2. The predicted octanol–water partition coefficient (Wildman–Crippen LogP) is 5.49. The van der Waals surface area contributed by atoms with Gasteiger partial charge in [-0.1, -0.05) is 48.0 Å². The summed E-state index contributed by atoms with van der Waals surface area (Å²) in [6.45, 7) is 11.1. The molecule has 1 unspecified atom stereocenters. The van der Waals surface area contributed by atoms with Crippen molar-refractivity contribution < 1.29 is 5.11 Å². The molecule has 0 radical (unpaired) electrons. The van der Waals surface area contributed by atoms with Crippen LogP contribution < -0.4 is 0 Å². The molecule has 0 saturated carbocycles. The Morgan fingerprint density at radius 3 is 2.12 bits per heavy atom. The van der Waals surface area contributed by atoms with Crippen LogP contribution in [0.2, 0.25) is 0 Å². The molecule has 0 fully saturated rings. The molecule has 0 aliphatic carbocycles. The number of rotatable bonds is 7. The summed E-state index contributed by atoms with van der Waals surface area (Å²) in [5, 5.41) is 10.2. The molecule has 0 aliphatic heterocycles. The van der Waals surface area contributed by atoms with Gasteiger partial charge in [-0.3, -0.25) is 4.90 Å². The second-order valence-electron chi connectivity index (χ2n) is 7.23. The number of hydrogen-bond donors (Lipinski definition) is 1. The van der Waals surface area contributed by atoms with Crippen LogP contribution in [-0.2, 0) is 6.42 Å². The van der Waals surface area contributed by atoms with Crippen molar-refractivity contribution in [2.45, 2.75) is 65.6 Å². The lowest BCUT2D eigenvalue weighted by Crippen LogP contribution is -2.40. The lowest BCUT2D eigenvalue weighted by Gasteiger charge is -2.38. The third-order valence-electron chi connectivity index (χ3n) is 4.66. The zero-order valence-electron chi connectivity index (χ0n) is 15.7. The highest BCUT2D eigenvalue weighted by Crippen LogP contribution is 2.31. The maximum Gasteiger partial charge on any atom is 0.118 e. The van der Waals surface area contributed by atoms with Gasteiger partial charge in [-0.25, -0.2) is 0 Å². The van der Waals surface area contributed by atoms with E-state index in [1.54, 1.807) is 0 Å². The molecule has 0 spiro atoms. The molecule has 1 N–H and O–H groups in total. The van der Waals surface area contributed by atoms with Crippen LogP contribution in [0, 0.1) is 6.92 Å². The van der Waals surface area contributed by atoms with Gasteiger partial charge in [0.2, 0.25) is 0 Å². The number of nitrogens with zero attached hydrogens (tertiary/aromatic N) is 1. The number of aryl methyl sites for hydroxylation is 2. The molecule has 2 rings (SSSR count). The summed E-state index contributed by atoms with van der Waals surface area (Å²) >= 11 is 0. The zero-order chi connectivity index (χ0) is 17.7. The Bertz CT molecular complexity index is 626. The zero-order valence-corrected chi connectivity index (χ0v) is 15.7. The van der Waals surface area contributed by atoms with E-state index in [9.17, 15) is 5.11 Å². The summed E-state index contributed by atoms with van der Waals surface area (Å²) in [5.74, 6) is 0.410. The molecule has 130 valence electrons. The van der Waals surface area contributed by atoms with Gasteiger partial charge in [0.15, 0.2) is 0 Å². The van der Waals surface area contributed by atoms with Crippen LogP contribution >= 0.6 is 0 Å². The molecule has 0 bridgehead atoms. The summed E-state index contributed by atoms with van der Waals surface area (Å²) < 4.78 is 0. The molecule has 2 heteroatoms. The largest absolute Gasteiger partial charge is 0.508 e. The molecule has 0 aromatic heterocycles. The molecule has 0 saturated heterocycles. The van der Waals surface area contributed by atoms with Gasteiger partial charge >= 0.3 is 0 Å². The SMILES string of the molecule is Cc1ccc(O)c(CCC(c2ccccc2)N(C(C)C)C(C)C)c1. The standard InChI is InChI=1S/C22H31NO/c1-16(2)23(17(3)4)21(19-9-7-6-8-10-19)13-12-20-15-18(5)11-14-22(20)24/h6-11,14-17,21,24H,12-13H2,1-5H3. The summed E-state index contributed by atoms with van der Waals surface area (Å²) in [5.41, 5.74) is 3.60. The Kier molecular flexibility index (Phi) is 6.44. The molecule has 24 heavy (non-hydrogen) atoms. The van der Waals surface area contributed by atoms with Crippen LogP contribution in [0.5, 0.6) is 5.75 Å². The van der Waals surface area contributed by atoms with Gasteiger partial charge in [-0.2, -0.15) is 0 Å². The smallest absolute Gasteiger partial charge is 0.118 e. The van der Waals surface area contributed by atoms with Crippen molar-refractivity contribution in [2.24, 2.45) is 0 Å². The van der Waals surface area contributed by atoms with E-state index in [1.807, 2.05) is 12.1 Å². The monoisotopic (exact) mass is 325 g/mol. The van der Waals surface area contributed by atoms with Gasteiger partial charge in [0, 0.05) is 18.1 Å². The summed E-state index contributed by atoms with van der Waals surface area (Å²) in [7, 11) is 0. The second kappa shape index (κ2) is 8.34. The van der Waals surface area contributed by atoms with Gasteiger partial charge in [-0.15, -0.1) is 0 Å². The van der Waals surface area contributed by atoms with Crippen molar-refractivity contribution in [3.63, 3.8) is 0 Å².